The van der Waals surface area contributed by atoms with Crippen LogP contribution in [-0.2, 0) is 23.8 Å². The predicted molar refractivity (Wildman–Crippen MR) is 73.2 cm³/mol. The Kier molecular flexibility index (Phi) is 7.54. The summed E-state index contributed by atoms with van der Waals surface area (Å²) in [6.07, 6.45) is 0.177. The summed E-state index contributed by atoms with van der Waals surface area (Å²) in [5, 5.41) is 0. The molecule has 1 atom stereocenters. The number of rotatable bonds is 7. The second kappa shape index (κ2) is 8.92. The van der Waals surface area contributed by atoms with Crippen molar-refractivity contribution in [1.82, 2.24) is 4.90 Å². The number of carbonyl (C=O) groups is 2. The zero-order valence-corrected chi connectivity index (χ0v) is 12.6. The van der Waals surface area contributed by atoms with Gasteiger partial charge in [-0.25, -0.2) is 0 Å². The van der Waals surface area contributed by atoms with Gasteiger partial charge >= 0.3 is 11.9 Å². The first-order valence-electron chi connectivity index (χ1n) is 7.29. The van der Waals surface area contributed by atoms with E-state index in [-0.39, 0.29) is 19.3 Å². The van der Waals surface area contributed by atoms with Crippen LogP contribution in [0.15, 0.2) is 0 Å². The van der Waals surface area contributed by atoms with Gasteiger partial charge in [0.25, 0.3) is 0 Å². The third kappa shape index (κ3) is 5.09. The number of hydrogen-bond donors (Lipinski definition) is 0. The molecular weight excluding hydrogens is 262 g/mol. The Morgan fingerprint density at radius 2 is 1.80 bits per heavy atom. The third-order valence-corrected chi connectivity index (χ3v) is 3.31. The quantitative estimate of drug-likeness (QED) is 0.511. The summed E-state index contributed by atoms with van der Waals surface area (Å²) in [5.74, 6) is -1.94. The molecule has 20 heavy (non-hydrogen) atoms. The zero-order valence-electron chi connectivity index (χ0n) is 12.6. The fourth-order valence-corrected chi connectivity index (χ4v) is 2.25. The van der Waals surface area contributed by atoms with Crippen molar-refractivity contribution in [2.24, 2.45) is 5.92 Å². The maximum absolute atomic E-state index is 11.9. The standard InChI is InChI=1S/C14H25NO5/c1-4-15-7-8-20-11(10-15)9-12(13(16)18-5-2)14(17)19-6-3/h11-12H,4-10H2,1-3H3/t11-/m0/s1. The smallest absolute Gasteiger partial charge is 0.320 e. The molecule has 0 unspecified atom stereocenters. The molecule has 0 saturated carbocycles. The van der Waals surface area contributed by atoms with Crippen LogP contribution < -0.4 is 0 Å². The van der Waals surface area contributed by atoms with E-state index >= 15 is 0 Å². The number of carbonyl (C=O) groups excluding carboxylic acids is 2. The molecule has 1 fully saturated rings. The minimum absolute atomic E-state index is 0.137. The molecule has 0 aromatic carbocycles. The molecule has 0 aromatic heterocycles. The Labute approximate surface area is 120 Å². The summed E-state index contributed by atoms with van der Waals surface area (Å²) in [4.78, 5) is 26.0. The van der Waals surface area contributed by atoms with Gasteiger partial charge in [-0.3, -0.25) is 14.5 Å². The highest BCUT2D eigenvalue weighted by Crippen LogP contribution is 2.17. The van der Waals surface area contributed by atoms with Crippen LogP contribution in [-0.4, -0.2) is 62.4 Å². The Morgan fingerprint density at radius 1 is 1.20 bits per heavy atom. The molecule has 0 aliphatic carbocycles. The van der Waals surface area contributed by atoms with E-state index in [2.05, 4.69) is 11.8 Å². The molecule has 1 saturated heterocycles. The first-order chi connectivity index (χ1) is 9.62. The number of nitrogens with zero attached hydrogens (tertiary/aromatic N) is 1. The molecule has 0 radical (unpaired) electrons. The molecule has 1 heterocycles. The molecule has 1 rings (SSSR count). The Bertz CT molecular complexity index is 303. The van der Waals surface area contributed by atoms with Gasteiger partial charge < -0.3 is 14.2 Å². The number of morpholine rings is 1. The van der Waals surface area contributed by atoms with E-state index in [1.165, 1.54) is 0 Å². The zero-order chi connectivity index (χ0) is 15.0. The van der Waals surface area contributed by atoms with Crippen molar-refractivity contribution in [3.63, 3.8) is 0 Å². The summed E-state index contributed by atoms with van der Waals surface area (Å²) in [6.45, 7) is 9.19. The van der Waals surface area contributed by atoms with Crippen LogP contribution in [0.5, 0.6) is 0 Å². The Hall–Kier alpha value is -1.14. The Balaban J connectivity index is 2.63. The van der Waals surface area contributed by atoms with Crippen LogP contribution in [0, 0.1) is 5.92 Å². The Morgan fingerprint density at radius 3 is 2.30 bits per heavy atom. The lowest BCUT2D eigenvalue weighted by molar-refractivity contribution is -0.164. The van der Waals surface area contributed by atoms with Crippen molar-refractivity contribution in [2.75, 3.05) is 39.5 Å². The number of likely N-dealkylation sites (N-methyl/N-ethyl adjacent to an activating group) is 1. The second-order valence-corrected chi connectivity index (χ2v) is 4.68. The van der Waals surface area contributed by atoms with Crippen molar-refractivity contribution in [2.45, 2.75) is 33.3 Å². The van der Waals surface area contributed by atoms with E-state index in [4.69, 9.17) is 14.2 Å². The van der Waals surface area contributed by atoms with Crippen LogP contribution in [0.25, 0.3) is 0 Å². The normalized spacial score (nSPS) is 19.9. The largest absolute Gasteiger partial charge is 0.465 e. The lowest BCUT2D eigenvalue weighted by atomic mass is 10.0. The maximum atomic E-state index is 11.9. The molecule has 6 heteroatoms. The minimum atomic E-state index is -0.892. The minimum Gasteiger partial charge on any atom is -0.465 e. The molecule has 0 amide bonds. The topological polar surface area (TPSA) is 65.1 Å². The average molecular weight is 287 g/mol. The summed E-state index contributed by atoms with van der Waals surface area (Å²) >= 11 is 0. The van der Waals surface area contributed by atoms with Gasteiger partial charge in [0.2, 0.25) is 0 Å². The lowest BCUT2D eigenvalue weighted by Crippen LogP contribution is -2.44. The fourth-order valence-electron chi connectivity index (χ4n) is 2.25. The van der Waals surface area contributed by atoms with Gasteiger partial charge in [-0.2, -0.15) is 0 Å². The first-order valence-corrected chi connectivity index (χ1v) is 7.29. The number of hydrogen-bond acceptors (Lipinski definition) is 6. The molecule has 0 aromatic rings. The van der Waals surface area contributed by atoms with Crippen molar-refractivity contribution < 1.29 is 23.8 Å². The highest BCUT2D eigenvalue weighted by Gasteiger charge is 2.34. The van der Waals surface area contributed by atoms with Gasteiger partial charge in [0.05, 0.1) is 25.9 Å². The molecule has 1 aliphatic heterocycles. The molecular formula is C14H25NO5. The highest BCUT2D eigenvalue weighted by molar-refractivity contribution is 5.94. The van der Waals surface area contributed by atoms with Crippen LogP contribution in [0.1, 0.15) is 27.2 Å². The highest BCUT2D eigenvalue weighted by atomic mass is 16.6. The fraction of sp³-hybridized carbons (Fsp3) is 0.857. The summed E-state index contributed by atoms with van der Waals surface area (Å²) in [6, 6.07) is 0. The summed E-state index contributed by atoms with van der Waals surface area (Å²) in [5.41, 5.74) is 0. The molecule has 6 nitrogen and oxygen atoms in total. The molecule has 0 bridgehead atoms. The van der Waals surface area contributed by atoms with Crippen molar-refractivity contribution in [1.29, 1.82) is 0 Å². The summed E-state index contributed by atoms with van der Waals surface area (Å²) < 4.78 is 15.6. The SMILES string of the molecule is CCOC(=O)C(C[C@H]1CN(CC)CCO1)C(=O)OCC. The second-order valence-electron chi connectivity index (χ2n) is 4.68. The monoisotopic (exact) mass is 287 g/mol. The first kappa shape index (κ1) is 16.9. The van der Waals surface area contributed by atoms with Gasteiger partial charge in [0.15, 0.2) is 5.92 Å². The van der Waals surface area contributed by atoms with E-state index in [0.717, 1.165) is 19.6 Å². The van der Waals surface area contributed by atoms with Gasteiger partial charge in [0.1, 0.15) is 0 Å². The van der Waals surface area contributed by atoms with Crippen LogP contribution in [0.3, 0.4) is 0 Å². The predicted octanol–water partition coefficient (Wildman–Crippen LogP) is 0.840. The third-order valence-electron chi connectivity index (χ3n) is 3.31. The molecule has 0 N–H and O–H groups in total. The average Bonchev–Trinajstić information content (AvgIpc) is 2.45. The molecule has 0 spiro atoms. The van der Waals surface area contributed by atoms with Gasteiger partial charge in [-0.05, 0) is 26.8 Å². The van der Waals surface area contributed by atoms with E-state index in [1.54, 1.807) is 13.8 Å². The van der Waals surface area contributed by atoms with Gasteiger partial charge in [-0.15, -0.1) is 0 Å². The number of esters is 2. The van der Waals surface area contributed by atoms with Gasteiger partial charge in [-0.1, -0.05) is 6.92 Å². The van der Waals surface area contributed by atoms with E-state index in [9.17, 15) is 9.59 Å². The van der Waals surface area contributed by atoms with Crippen LogP contribution in [0.2, 0.25) is 0 Å². The maximum Gasteiger partial charge on any atom is 0.320 e. The summed E-state index contributed by atoms with van der Waals surface area (Å²) in [7, 11) is 0. The van der Waals surface area contributed by atoms with Crippen LogP contribution in [0.4, 0.5) is 0 Å². The van der Waals surface area contributed by atoms with Crippen molar-refractivity contribution in [3.8, 4) is 0 Å². The van der Waals surface area contributed by atoms with Crippen molar-refractivity contribution in [3.05, 3.63) is 0 Å². The molecule has 1 aliphatic rings. The van der Waals surface area contributed by atoms with Crippen LogP contribution >= 0.6 is 0 Å². The van der Waals surface area contributed by atoms with E-state index in [1.807, 2.05) is 0 Å². The van der Waals surface area contributed by atoms with Gasteiger partial charge in [0, 0.05) is 13.1 Å². The van der Waals surface area contributed by atoms with E-state index < -0.39 is 17.9 Å². The van der Waals surface area contributed by atoms with Crippen molar-refractivity contribution >= 4 is 11.9 Å². The lowest BCUT2D eigenvalue weighted by Gasteiger charge is -2.33. The van der Waals surface area contributed by atoms with E-state index in [0.29, 0.717) is 13.0 Å². The number of ether oxygens (including phenoxy) is 3. The molecule has 116 valence electrons.